The lowest BCUT2D eigenvalue weighted by Gasteiger charge is -2.33. The van der Waals surface area contributed by atoms with E-state index >= 15 is 0 Å². The van der Waals surface area contributed by atoms with Gasteiger partial charge < -0.3 is 9.84 Å². The van der Waals surface area contributed by atoms with Crippen LogP contribution in [0.2, 0.25) is 5.02 Å². The highest BCUT2D eigenvalue weighted by molar-refractivity contribution is 6.31. The molecule has 2 unspecified atom stereocenters. The summed E-state index contributed by atoms with van der Waals surface area (Å²) in [5.41, 5.74) is -0.341. The summed E-state index contributed by atoms with van der Waals surface area (Å²) in [6.07, 6.45) is 0.000977. The van der Waals surface area contributed by atoms with Gasteiger partial charge in [0.25, 0.3) is 0 Å². The molecule has 2 atom stereocenters. The Kier molecular flexibility index (Phi) is 5.57. The van der Waals surface area contributed by atoms with Crippen molar-refractivity contribution >= 4 is 11.6 Å². The standard InChI is InChI=1S/C14H20ClFO2/c1-4-14(3,18-5-2)13(17)9-10-11(15)7-6-8-12(10)16/h6-8,13,17H,4-5,9H2,1-3H3. The summed E-state index contributed by atoms with van der Waals surface area (Å²) < 4.78 is 19.2. The highest BCUT2D eigenvalue weighted by atomic mass is 35.5. The summed E-state index contributed by atoms with van der Waals surface area (Å²) in [6.45, 7) is 6.14. The van der Waals surface area contributed by atoms with E-state index in [1.165, 1.54) is 6.07 Å². The fraction of sp³-hybridized carbons (Fsp3) is 0.571. The van der Waals surface area contributed by atoms with Crippen molar-refractivity contribution in [2.45, 2.75) is 45.3 Å². The molecule has 0 aromatic heterocycles. The average molecular weight is 275 g/mol. The van der Waals surface area contributed by atoms with E-state index in [0.717, 1.165) is 0 Å². The molecule has 0 bridgehead atoms. The molecule has 18 heavy (non-hydrogen) atoms. The van der Waals surface area contributed by atoms with Crippen molar-refractivity contribution in [2.24, 2.45) is 0 Å². The van der Waals surface area contributed by atoms with Crippen molar-refractivity contribution in [3.63, 3.8) is 0 Å². The number of hydrogen-bond donors (Lipinski definition) is 1. The first-order valence-corrected chi connectivity index (χ1v) is 6.57. The topological polar surface area (TPSA) is 29.5 Å². The largest absolute Gasteiger partial charge is 0.390 e. The molecule has 0 fully saturated rings. The van der Waals surface area contributed by atoms with Gasteiger partial charge >= 0.3 is 0 Å². The van der Waals surface area contributed by atoms with Gasteiger partial charge in [-0.2, -0.15) is 0 Å². The van der Waals surface area contributed by atoms with Crippen LogP contribution in [0, 0.1) is 5.82 Å². The summed E-state index contributed by atoms with van der Waals surface area (Å²) >= 11 is 5.95. The summed E-state index contributed by atoms with van der Waals surface area (Å²) in [6, 6.07) is 4.52. The van der Waals surface area contributed by atoms with Crippen LogP contribution in [0.3, 0.4) is 0 Å². The maximum Gasteiger partial charge on any atom is 0.127 e. The molecule has 0 saturated heterocycles. The first-order chi connectivity index (χ1) is 8.44. The SMILES string of the molecule is CCOC(C)(CC)C(O)Cc1c(F)cccc1Cl. The fourth-order valence-electron chi connectivity index (χ4n) is 1.90. The smallest absolute Gasteiger partial charge is 0.127 e. The lowest BCUT2D eigenvalue weighted by Crippen LogP contribution is -2.43. The molecule has 4 heteroatoms. The van der Waals surface area contributed by atoms with Crippen molar-refractivity contribution in [1.82, 2.24) is 0 Å². The van der Waals surface area contributed by atoms with Crippen LogP contribution in [-0.4, -0.2) is 23.4 Å². The second-order valence-electron chi connectivity index (χ2n) is 4.52. The zero-order chi connectivity index (χ0) is 13.8. The summed E-state index contributed by atoms with van der Waals surface area (Å²) in [5, 5.41) is 10.6. The monoisotopic (exact) mass is 274 g/mol. The van der Waals surface area contributed by atoms with Crippen LogP contribution < -0.4 is 0 Å². The van der Waals surface area contributed by atoms with Crippen molar-refractivity contribution in [1.29, 1.82) is 0 Å². The molecule has 1 aromatic carbocycles. The van der Waals surface area contributed by atoms with Crippen LogP contribution in [0.4, 0.5) is 4.39 Å². The van der Waals surface area contributed by atoms with Crippen LogP contribution in [0.5, 0.6) is 0 Å². The van der Waals surface area contributed by atoms with E-state index in [4.69, 9.17) is 16.3 Å². The van der Waals surface area contributed by atoms with E-state index in [1.54, 1.807) is 12.1 Å². The third-order valence-corrected chi connectivity index (χ3v) is 3.69. The lowest BCUT2D eigenvalue weighted by molar-refractivity contribution is -0.110. The Morgan fingerprint density at radius 3 is 2.61 bits per heavy atom. The predicted octanol–water partition coefficient (Wildman–Crippen LogP) is 3.59. The van der Waals surface area contributed by atoms with Gasteiger partial charge in [0, 0.05) is 23.6 Å². The van der Waals surface area contributed by atoms with Gasteiger partial charge in [-0.25, -0.2) is 4.39 Å². The number of aliphatic hydroxyl groups excluding tert-OH is 1. The summed E-state index contributed by atoms with van der Waals surface area (Å²) in [5.74, 6) is -0.392. The highest BCUT2D eigenvalue weighted by Crippen LogP contribution is 2.27. The minimum Gasteiger partial charge on any atom is -0.390 e. The maximum atomic E-state index is 13.7. The van der Waals surface area contributed by atoms with E-state index < -0.39 is 17.5 Å². The Morgan fingerprint density at radius 2 is 2.11 bits per heavy atom. The molecule has 0 radical (unpaired) electrons. The molecule has 0 amide bonds. The van der Waals surface area contributed by atoms with Crippen molar-refractivity contribution in [3.8, 4) is 0 Å². The molecular weight excluding hydrogens is 255 g/mol. The molecule has 0 saturated carbocycles. The highest BCUT2D eigenvalue weighted by Gasteiger charge is 2.32. The average Bonchev–Trinajstić information content (AvgIpc) is 2.34. The first kappa shape index (κ1) is 15.4. The van der Waals surface area contributed by atoms with E-state index in [9.17, 15) is 9.50 Å². The minimum atomic E-state index is -0.795. The normalized spacial score (nSPS) is 16.3. The number of rotatable bonds is 6. The Bertz CT molecular complexity index is 377. The van der Waals surface area contributed by atoms with Gasteiger partial charge in [0.15, 0.2) is 0 Å². The van der Waals surface area contributed by atoms with E-state index in [0.29, 0.717) is 23.6 Å². The van der Waals surface area contributed by atoms with Gasteiger partial charge in [0.1, 0.15) is 5.82 Å². The van der Waals surface area contributed by atoms with Gasteiger partial charge in [-0.15, -0.1) is 0 Å². The molecule has 102 valence electrons. The molecule has 1 N–H and O–H groups in total. The van der Waals surface area contributed by atoms with Crippen LogP contribution in [0.1, 0.15) is 32.8 Å². The molecule has 1 rings (SSSR count). The Labute approximate surface area is 113 Å². The van der Waals surface area contributed by atoms with Gasteiger partial charge in [-0.05, 0) is 32.4 Å². The molecule has 0 aliphatic rings. The quantitative estimate of drug-likeness (QED) is 0.859. The van der Waals surface area contributed by atoms with Crippen molar-refractivity contribution in [3.05, 3.63) is 34.6 Å². The molecular formula is C14H20ClFO2. The molecule has 0 heterocycles. The summed E-state index contributed by atoms with van der Waals surface area (Å²) in [4.78, 5) is 0. The fourth-order valence-corrected chi connectivity index (χ4v) is 2.14. The number of hydrogen-bond acceptors (Lipinski definition) is 2. The zero-order valence-electron chi connectivity index (χ0n) is 11.0. The van der Waals surface area contributed by atoms with Crippen LogP contribution in [0.25, 0.3) is 0 Å². The number of halogens is 2. The summed E-state index contributed by atoms with van der Waals surface area (Å²) in [7, 11) is 0. The Balaban J connectivity index is 2.89. The molecule has 0 aliphatic heterocycles. The van der Waals surface area contributed by atoms with Crippen LogP contribution in [-0.2, 0) is 11.2 Å². The van der Waals surface area contributed by atoms with Gasteiger partial charge in [-0.1, -0.05) is 24.6 Å². The van der Waals surface area contributed by atoms with Gasteiger partial charge in [-0.3, -0.25) is 0 Å². The molecule has 1 aromatic rings. The van der Waals surface area contributed by atoms with Gasteiger partial charge in [0.05, 0.1) is 11.7 Å². The Morgan fingerprint density at radius 1 is 1.44 bits per heavy atom. The predicted molar refractivity (Wildman–Crippen MR) is 71.4 cm³/mol. The van der Waals surface area contributed by atoms with Crippen molar-refractivity contribution < 1.29 is 14.2 Å². The van der Waals surface area contributed by atoms with E-state index in [-0.39, 0.29) is 6.42 Å². The van der Waals surface area contributed by atoms with Crippen LogP contribution in [0.15, 0.2) is 18.2 Å². The Hall–Kier alpha value is -0.640. The van der Waals surface area contributed by atoms with Crippen LogP contribution >= 0.6 is 11.6 Å². The zero-order valence-corrected chi connectivity index (χ0v) is 11.8. The maximum absolute atomic E-state index is 13.7. The molecule has 0 aliphatic carbocycles. The van der Waals surface area contributed by atoms with Gasteiger partial charge in [0.2, 0.25) is 0 Å². The lowest BCUT2D eigenvalue weighted by atomic mass is 9.90. The number of ether oxygens (including phenoxy) is 1. The van der Waals surface area contributed by atoms with E-state index in [1.807, 2.05) is 20.8 Å². The second kappa shape index (κ2) is 6.50. The minimum absolute atomic E-state index is 0.149. The third-order valence-electron chi connectivity index (χ3n) is 3.34. The second-order valence-corrected chi connectivity index (χ2v) is 4.93. The number of aliphatic hydroxyl groups is 1. The van der Waals surface area contributed by atoms with Crippen molar-refractivity contribution in [2.75, 3.05) is 6.61 Å². The number of benzene rings is 1. The third kappa shape index (κ3) is 3.44. The van der Waals surface area contributed by atoms with E-state index in [2.05, 4.69) is 0 Å². The molecule has 0 spiro atoms. The molecule has 2 nitrogen and oxygen atoms in total. The first-order valence-electron chi connectivity index (χ1n) is 6.19.